The third-order valence-electron chi connectivity index (χ3n) is 1.87. The summed E-state index contributed by atoms with van der Waals surface area (Å²) >= 11 is 0. The lowest BCUT2D eigenvalue weighted by molar-refractivity contribution is -0.139. The number of hydrogen-bond donors (Lipinski definition) is 4. The first-order chi connectivity index (χ1) is 6.80. The van der Waals surface area contributed by atoms with Gasteiger partial charge < -0.3 is 16.0 Å². The zero-order valence-electron chi connectivity index (χ0n) is 8.06. The van der Waals surface area contributed by atoms with Crippen LogP contribution in [0, 0.1) is 0 Å². The Hall–Kier alpha value is -1.14. The highest BCUT2D eigenvalue weighted by atomic mass is 16.2. The maximum atomic E-state index is 11.1. The Morgan fingerprint density at radius 1 is 0.786 bits per heavy atom. The number of carbonyl (C=O) groups excluding carboxylic acids is 2. The number of carbonyl (C=O) groups is 2. The first-order valence-corrected chi connectivity index (χ1v) is 4.78. The van der Waals surface area contributed by atoms with Crippen molar-refractivity contribution in [1.29, 1.82) is 0 Å². The predicted octanol–water partition coefficient (Wildman–Crippen LogP) is -2.24. The molecular weight excluding hydrogens is 184 g/mol. The zero-order chi connectivity index (χ0) is 10.2. The van der Waals surface area contributed by atoms with Crippen LogP contribution >= 0.6 is 0 Å². The van der Waals surface area contributed by atoms with E-state index in [2.05, 4.69) is 21.3 Å². The van der Waals surface area contributed by atoms with Gasteiger partial charge in [0.25, 0.3) is 0 Å². The molecule has 1 aliphatic rings. The average Bonchev–Trinajstić information content (AvgIpc) is 2.18. The van der Waals surface area contributed by atoms with E-state index in [1.165, 1.54) is 0 Å². The average molecular weight is 200 g/mol. The second-order valence-corrected chi connectivity index (χ2v) is 3.04. The van der Waals surface area contributed by atoms with Crippen LogP contribution in [0.5, 0.6) is 0 Å². The van der Waals surface area contributed by atoms with Crippen molar-refractivity contribution in [3.8, 4) is 0 Å². The first-order valence-electron chi connectivity index (χ1n) is 4.78. The van der Waals surface area contributed by atoms with E-state index in [0.717, 1.165) is 26.1 Å². The van der Waals surface area contributed by atoms with Gasteiger partial charge in [-0.15, -0.1) is 0 Å². The van der Waals surface area contributed by atoms with Crippen molar-refractivity contribution in [3.05, 3.63) is 0 Å². The summed E-state index contributed by atoms with van der Waals surface area (Å²) in [6.07, 6.45) is 0.832. The van der Waals surface area contributed by atoms with Crippen LogP contribution in [-0.4, -0.2) is 44.7 Å². The standard InChI is InChI=1S/C8H16N4O2/c13-7-8(14)12-6-10-5-4-9-2-1-3-11-7/h9-10H,1-6H2,(H,11,13)(H,12,14). The van der Waals surface area contributed by atoms with Crippen molar-refractivity contribution in [3.63, 3.8) is 0 Å². The second kappa shape index (κ2) is 6.33. The van der Waals surface area contributed by atoms with Crippen molar-refractivity contribution >= 4 is 11.8 Å². The highest BCUT2D eigenvalue weighted by Gasteiger charge is 2.11. The largest absolute Gasteiger partial charge is 0.348 e. The summed E-state index contributed by atoms with van der Waals surface area (Å²) in [6.45, 7) is 3.36. The Morgan fingerprint density at radius 2 is 1.50 bits per heavy atom. The highest BCUT2D eigenvalue weighted by Crippen LogP contribution is 1.76. The summed E-state index contributed by atoms with van der Waals surface area (Å²) in [4.78, 5) is 22.1. The minimum absolute atomic E-state index is 0.327. The summed E-state index contributed by atoms with van der Waals surface area (Å²) in [7, 11) is 0. The molecule has 0 bridgehead atoms. The van der Waals surface area contributed by atoms with Crippen LogP contribution in [-0.2, 0) is 9.59 Å². The van der Waals surface area contributed by atoms with Crippen molar-refractivity contribution in [2.75, 3.05) is 32.8 Å². The van der Waals surface area contributed by atoms with Gasteiger partial charge in [-0.25, -0.2) is 0 Å². The van der Waals surface area contributed by atoms with Crippen LogP contribution in [0.1, 0.15) is 6.42 Å². The van der Waals surface area contributed by atoms with Gasteiger partial charge in [0.15, 0.2) is 0 Å². The monoisotopic (exact) mass is 200 g/mol. The molecular formula is C8H16N4O2. The Morgan fingerprint density at radius 3 is 2.36 bits per heavy atom. The van der Waals surface area contributed by atoms with Crippen molar-refractivity contribution in [2.45, 2.75) is 6.42 Å². The van der Waals surface area contributed by atoms with Gasteiger partial charge in [0.05, 0.1) is 6.67 Å². The normalized spacial score (nSPS) is 21.4. The fraction of sp³-hybridized carbons (Fsp3) is 0.750. The van der Waals surface area contributed by atoms with E-state index >= 15 is 0 Å². The van der Waals surface area contributed by atoms with Crippen LogP contribution in [0.3, 0.4) is 0 Å². The van der Waals surface area contributed by atoms with Gasteiger partial charge in [-0.1, -0.05) is 0 Å². The van der Waals surface area contributed by atoms with E-state index in [4.69, 9.17) is 0 Å². The minimum atomic E-state index is -0.578. The Balaban J connectivity index is 2.31. The molecule has 0 aromatic rings. The van der Waals surface area contributed by atoms with E-state index in [1.807, 2.05) is 0 Å². The van der Waals surface area contributed by atoms with Crippen LogP contribution in [0.2, 0.25) is 0 Å². The lowest BCUT2D eigenvalue weighted by Gasteiger charge is -2.10. The molecule has 1 saturated heterocycles. The zero-order valence-corrected chi connectivity index (χ0v) is 8.06. The number of hydrogen-bond acceptors (Lipinski definition) is 4. The maximum Gasteiger partial charge on any atom is 0.310 e. The number of rotatable bonds is 0. The van der Waals surface area contributed by atoms with Gasteiger partial charge in [0.2, 0.25) is 0 Å². The molecule has 6 nitrogen and oxygen atoms in total. The molecule has 1 fully saturated rings. The molecule has 14 heavy (non-hydrogen) atoms. The molecule has 4 N–H and O–H groups in total. The molecule has 2 amide bonds. The maximum absolute atomic E-state index is 11.1. The SMILES string of the molecule is O=C1NCCCNCCNCNC1=O. The lowest BCUT2D eigenvalue weighted by Crippen LogP contribution is -2.45. The van der Waals surface area contributed by atoms with Gasteiger partial charge in [0, 0.05) is 19.6 Å². The molecule has 0 aromatic carbocycles. The van der Waals surface area contributed by atoms with Gasteiger partial charge in [0.1, 0.15) is 0 Å². The molecule has 6 heteroatoms. The molecule has 80 valence electrons. The molecule has 0 radical (unpaired) electrons. The van der Waals surface area contributed by atoms with E-state index in [9.17, 15) is 9.59 Å². The third-order valence-corrected chi connectivity index (χ3v) is 1.87. The van der Waals surface area contributed by atoms with Crippen LogP contribution in [0.4, 0.5) is 0 Å². The molecule has 0 aromatic heterocycles. The third kappa shape index (κ3) is 4.20. The summed E-state index contributed by atoms with van der Waals surface area (Å²) in [5.74, 6) is -1.14. The van der Waals surface area contributed by atoms with Crippen LogP contribution in [0.15, 0.2) is 0 Å². The summed E-state index contributed by atoms with van der Waals surface area (Å²) in [5, 5.41) is 11.2. The van der Waals surface area contributed by atoms with E-state index in [1.54, 1.807) is 0 Å². The Bertz CT molecular complexity index is 186. The van der Waals surface area contributed by atoms with Gasteiger partial charge >= 0.3 is 11.8 Å². The molecule has 1 aliphatic heterocycles. The number of amides is 2. The van der Waals surface area contributed by atoms with Gasteiger partial charge in [-0.3, -0.25) is 14.9 Å². The van der Waals surface area contributed by atoms with Crippen molar-refractivity contribution in [1.82, 2.24) is 21.3 Å². The van der Waals surface area contributed by atoms with E-state index in [-0.39, 0.29) is 0 Å². The summed E-state index contributed by atoms with van der Waals surface area (Å²) in [5.41, 5.74) is 0. The predicted molar refractivity (Wildman–Crippen MR) is 51.5 cm³/mol. The lowest BCUT2D eigenvalue weighted by atomic mass is 10.4. The highest BCUT2D eigenvalue weighted by molar-refractivity contribution is 6.35. The van der Waals surface area contributed by atoms with E-state index < -0.39 is 11.8 Å². The fourth-order valence-electron chi connectivity index (χ4n) is 1.11. The van der Waals surface area contributed by atoms with Crippen LogP contribution < -0.4 is 21.3 Å². The smallest absolute Gasteiger partial charge is 0.310 e. The quantitative estimate of drug-likeness (QED) is 0.333. The van der Waals surface area contributed by atoms with Gasteiger partial charge in [-0.05, 0) is 13.0 Å². The Labute approximate surface area is 82.8 Å². The minimum Gasteiger partial charge on any atom is -0.348 e. The van der Waals surface area contributed by atoms with Crippen molar-refractivity contribution in [2.24, 2.45) is 0 Å². The number of nitrogens with one attached hydrogen (secondary N) is 4. The molecule has 0 unspecified atom stereocenters. The molecule has 1 rings (SSSR count). The van der Waals surface area contributed by atoms with Crippen LogP contribution in [0.25, 0.3) is 0 Å². The summed E-state index contributed by atoms with van der Waals surface area (Å²) in [6, 6.07) is 0. The molecule has 0 spiro atoms. The fourth-order valence-corrected chi connectivity index (χ4v) is 1.11. The first kappa shape index (κ1) is 10.9. The molecule has 0 saturated carbocycles. The van der Waals surface area contributed by atoms with E-state index in [0.29, 0.717) is 13.2 Å². The second-order valence-electron chi connectivity index (χ2n) is 3.04. The molecule has 0 atom stereocenters. The molecule has 0 aliphatic carbocycles. The van der Waals surface area contributed by atoms with Gasteiger partial charge in [-0.2, -0.15) is 0 Å². The molecule has 1 heterocycles. The Kier molecular flexibility index (Phi) is 4.95. The topological polar surface area (TPSA) is 82.3 Å². The summed E-state index contributed by atoms with van der Waals surface area (Å²) < 4.78 is 0. The van der Waals surface area contributed by atoms with Crippen molar-refractivity contribution < 1.29 is 9.59 Å².